The summed E-state index contributed by atoms with van der Waals surface area (Å²) in [5.74, 6) is 0.796. The number of carbonyl (C=O) groups excluding carboxylic acids is 1. The minimum Gasteiger partial charge on any atom is -0.497 e. The summed E-state index contributed by atoms with van der Waals surface area (Å²) in [6.45, 7) is 4.58. The fraction of sp³-hybridized carbons (Fsp3) is 0.316. The predicted molar refractivity (Wildman–Crippen MR) is 92.6 cm³/mol. The molecule has 0 radical (unpaired) electrons. The third kappa shape index (κ3) is 4.49. The summed E-state index contributed by atoms with van der Waals surface area (Å²) in [6, 6.07) is 15.7. The van der Waals surface area contributed by atoms with Gasteiger partial charge in [-0.25, -0.2) is 4.79 Å². The van der Waals surface area contributed by atoms with Crippen molar-refractivity contribution in [2.75, 3.05) is 14.2 Å². The SMILES string of the molecule is COc1cccc(CN(C)C(=O)NC(C)c2ccccc2C)c1. The molecular formula is C19H24N2O2. The third-order valence-corrected chi connectivity index (χ3v) is 3.90. The van der Waals surface area contributed by atoms with Gasteiger partial charge in [-0.15, -0.1) is 0 Å². The van der Waals surface area contributed by atoms with E-state index in [9.17, 15) is 4.79 Å². The van der Waals surface area contributed by atoms with Gasteiger partial charge in [-0.2, -0.15) is 0 Å². The largest absolute Gasteiger partial charge is 0.497 e. The summed E-state index contributed by atoms with van der Waals surface area (Å²) in [4.78, 5) is 14.1. The number of nitrogens with zero attached hydrogens (tertiary/aromatic N) is 1. The molecule has 2 amide bonds. The fourth-order valence-electron chi connectivity index (χ4n) is 2.56. The summed E-state index contributed by atoms with van der Waals surface area (Å²) >= 11 is 0. The zero-order valence-corrected chi connectivity index (χ0v) is 14.2. The number of aryl methyl sites for hydroxylation is 1. The first-order chi connectivity index (χ1) is 11.0. The average Bonchev–Trinajstić information content (AvgIpc) is 2.55. The van der Waals surface area contributed by atoms with E-state index < -0.39 is 0 Å². The number of nitrogens with one attached hydrogen (secondary N) is 1. The van der Waals surface area contributed by atoms with E-state index in [1.54, 1.807) is 19.1 Å². The molecule has 2 aromatic rings. The van der Waals surface area contributed by atoms with E-state index in [-0.39, 0.29) is 12.1 Å². The molecule has 1 atom stereocenters. The Morgan fingerprint density at radius 1 is 1.22 bits per heavy atom. The van der Waals surface area contributed by atoms with Crippen LogP contribution in [0.2, 0.25) is 0 Å². The van der Waals surface area contributed by atoms with Gasteiger partial charge < -0.3 is 15.0 Å². The monoisotopic (exact) mass is 312 g/mol. The highest BCUT2D eigenvalue weighted by atomic mass is 16.5. The Kier molecular flexibility index (Phi) is 5.63. The van der Waals surface area contributed by atoms with Gasteiger partial charge in [0.1, 0.15) is 5.75 Å². The van der Waals surface area contributed by atoms with E-state index >= 15 is 0 Å². The average molecular weight is 312 g/mol. The quantitative estimate of drug-likeness (QED) is 0.909. The van der Waals surface area contributed by atoms with E-state index in [0.717, 1.165) is 16.9 Å². The van der Waals surface area contributed by atoms with Crippen molar-refractivity contribution in [3.8, 4) is 5.75 Å². The fourth-order valence-corrected chi connectivity index (χ4v) is 2.56. The second-order valence-electron chi connectivity index (χ2n) is 5.74. The van der Waals surface area contributed by atoms with Crippen LogP contribution in [0.1, 0.15) is 29.7 Å². The van der Waals surface area contributed by atoms with Crippen molar-refractivity contribution in [2.45, 2.75) is 26.4 Å². The molecule has 2 aromatic carbocycles. The van der Waals surface area contributed by atoms with Crippen molar-refractivity contribution in [1.82, 2.24) is 10.2 Å². The lowest BCUT2D eigenvalue weighted by molar-refractivity contribution is 0.203. The number of amides is 2. The number of methoxy groups -OCH3 is 1. The molecule has 0 heterocycles. The lowest BCUT2D eigenvalue weighted by atomic mass is 10.0. The Bertz CT molecular complexity index is 670. The van der Waals surface area contributed by atoms with Gasteiger partial charge in [0, 0.05) is 13.6 Å². The van der Waals surface area contributed by atoms with Crippen LogP contribution in [0, 0.1) is 6.92 Å². The standard InChI is InChI=1S/C19H24N2O2/c1-14-8-5-6-11-18(14)15(2)20-19(22)21(3)13-16-9-7-10-17(12-16)23-4/h5-12,15H,13H2,1-4H3,(H,20,22). The zero-order chi connectivity index (χ0) is 16.8. The second-order valence-corrected chi connectivity index (χ2v) is 5.74. The molecule has 23 heavy (non-hydrogen) atoms. The van der Waals surface area contributed by atoms with Gasteiger partial charge in [-0.1, -0.05) is 36.4 Å². The Hall–Kier alpha value is -2.49. The summed E-state index contributed by atoms with van der Waals surface area (Å²) in [5, 5.41) is 3.04. The predicted octanol–water partition coefficient (Wildman–Crippen LogP) is 3.91. The molecule has 0 saturated carbocycles. The van der Waals surface area contributed by atoms with Gasteiger partial charge >= 0.3 is 6.03 Å². The van der Waals surface area contributed by atoms with Crippen LogP contribution in [0.4, 0.5) is 4.79 Å². The molecule has 0 spiro atoms. The van der Waals surface area contributed by atoms with Crippen LogP contribution >= 0.6 is 0 Å². The van der Waals surface area contributed by atoms with Crippen molar-refractivity contribution in [1.29, 1.82) is 0 Å². The summed E-state index contributed by atoms with van der Waals surface area (Å²) in [6.07, 6.45) is 0. The number of benzene rings is 2. The van der Waals surface area contributed by atoms with Crippen molar-refractivity contribution in [2.24, 2.45) is 0 Å². The number of hydrogen-bond donors (Lipinski definition) is 1. The van der Waals surface area contributed by atoms with Crippen LogP contribution in [-0.4, -0.2) is 25.1 Å². The van der Waals surface area contributed by atoms with Crippen molar-refractivity contribution < 1.29 is 9.53 Å². The van der Waals surface area contributed by atoms with Gasteiger partial charge in [0.05, 0.1) is 13.2 Å². The van der Waals surface area contributed by atoms with Gasteiger partial charge in [0.15, 0.2) is 0 Å². The summed E-state index contributed by atoms with van der Waals surface area (Å²) in [5.41, 5.74) is 3.34. The van der Waals surface area contributed by atoms with Crippen LogP contribution in [0.25, 0.3) is 0 Å². The molecule has 0 aliphatic heterocycles. The lowest BCUT2D eigenvalue weighted by Crippen LogP contribution is -2.38. The Morgan fingerprint density at radius 3 is 2.65 bits per heavy atom. The minimum atomic E-state index is -0.0939. The highest BCUT2D eigenvalue weighted by Gasteiger charge is 2.14. The molecule has 1 N–H and O–H groups in total. The maximum absolute atomic E-state index is 12.4. The van der Waals surface area contributed by atoms with Crippen molar-refractivity contribution >= 4 is 6.03 Å². The molecule has 0 aliphatic rings. The first kappa shape index (κ1) is 16.9. The highest BCUT2D eigenvalue weighted by Crippen LogP contribution is 2.17. The van der Waals surface area contributed by atoms with E-state index in [1.165, 1.54) is 5.56 Å². The molecule has 1 unspecified atom stereocenters. The second kappa shape index (κ2) is 7.68. The molecule has 4 heteroatoms. The first-order valence-electron chi connectivity index (χ1n) is 7.71. The molecule has 4 nitrogen and oxygen atoms in total. The van der Waals surface area contributed by atoms with Crippen molar-refractivity contribution in [3.63, 3.8) is 0 Å². The third-order valence-electron chi connectivity index (χ3n) is 3.90. The zero-order valence-electron chi connectivity index (χ0n) is 14.2. The maximum Gasteiger partial charge on any atom is 0.317 e. The lowest BCUT2D eigenvalue weighted by Gasteiger charge is -2.22. The summed E-state index contributed by atoms with van der Waals surface area (Å²) < 4.78 is 5.21. The van der Waals surface area contributed by atoms with E-state index in [1.807, 2.05) is 49.4 Å². The van der Waals surface area contributed by atoms with Crippen molar-refractivity contribution in [3.05, 3.63) is 65.2 Å². The number of ether oxygens (including phenoxy) is 1. The molecule has 0 saturated heterocycles. The van der Waals surface area contributed by atoms with Crippen LogP contribution < -0.4 is 10.1 Å². The number of hydrogen-bond acceptors (Lipinski definition) is 2. The summed E-state index contributed by atoms with van der Waals surface area (Å²) in [7, 11) is 3.43. The number of urea groups is 1. The van der Waals surface area contributed by atoms with Crippen LogP contribution in [0.3, 0.4) is 0 Å². The van der Waals surface area contributed by atoms with E-state index in [0.29, 0.717) is 6.54 Å². The molecular weight excluding hydrogens is 288 g/mol. The van der Waals surface area contributed by atoms with Gasteiger partial charge in [-0.3, -0.25) is 0 Å². The number of carbonyl (C=O) groups is 1. The number of rotatable bonds is 5. The van der Waals surface area contributed by atoms with Gasteiger partial charge in [-0.05, 0) is 42.7 Å². The maximum atomic E-state index is 12.4. The van der Waals surface area contributed by atoms with Gasteiger partial charge in [0.25, 0.3) is 0 Å². The smallest absolute Gasteiger partial charge is 0.317 e. The van der Waals surface area contributed by atoms with Crippen LogP contribution in [0.5, 0.6) is 5.75 Å². The van der Waals surface area contributed by atoms with Gasteiger partial charge in [0.2, 0.25) is 0 Å². The molecule has 0 aliphatic carbocycles. The Labute approximate surface area is 138 Å². The first-order valence-corrected chi connectivity index (χ1v) is 7.71. The Balaban J connectivity index is 1.98. The topological polar surface area (TPSA) is 41.6 Å². The minimum absolute atomic E-state index is 0.0311. The molecule has 0 aromatic heterocycles. The molecule has 0 bridgehead atoms. The normalized spacial score (nSPS) is 11.7. The van der Waals surface area contributed by atoms with Crippen LogP contribution in [-0.2, 0) is 6.54 Å². The molecule has 122 valence electrons. The van der Waals surface area contributed by atoms with E-state index in [2.05, 4.69) is 18.3 Å². The van der Waals surface area contributed by atoms with E-state index in [4.69, 9.17) is 4.74 Å². The molecule has 0 fully saturated rings. The molecule has 2 rings (SSSR count). The van der Waals surface area contributed by atoms with Crippen LogP contribution in [0.15, 0.2) is 48.5 Å². The highest BCUT2D eigenvalue weighted by molar-refractivity contribution is 5.74. The Morgan fingerprint density at radius 2 is 1.96 bits per heavy atom.